The number of hydrogen-bond donors (Lipinski definition) is 0. The Morgan fingerprint density at radius 2 is 1.11 bits per heavy atom. The number of rotatable bonds is 12. The Balaban J connectivity index is 0.986. The minimum Gasteiger partial charge on any atom is -0.299 e. The summed E-state index contributed by atoms with van der Waals surface area (Å²) >= 11 is 0. The van der Waals surface area contributed by atoms with Crippen LogP contribution >= 0.6 is 0 Å². The number of aromatic nitrogens is 4. The average molecular weight is 697 g/mol. The predicted molar refractivity (Wildman–Crippen MR) is 222 cm³/mol. The van der Waals surface area contributed by atoms with Crippen molar-refractivity contribution < 1.29 is 0 Å². The normalized spacial score (nSPS) is 11.6. The van der Waals surface area contributed by atoms with Gasteiger partial charge in [-0.15, -0.1) is 0 Å². The van der Waals surface area contributed by atoms with Gasteiger partial charge in [-0.2, -0.15) is 5.10 Å². The largest absolute Gasteiger partial charge is 0.299 e. The standard InChI is InChI=1S/C49H52N4/c1-33(2)44-12-9-13-45(34(3)4)48(44)52-29-28-50-49(52)42-22-18-38(19-23-42)14-16-40-10-8-11-41(32-40)17-15-39-20-24-43(25-21-39)53-46(26-27-51-53)47-36(6)30-35(5)31-37(47)7/h8-13,18-34H,14-17H2,1-7H3. The lowest BCUT2D eigenvalue weighted by molar-refractivity contribution is 0.806. The summed E-state index contributed by atoms with van der Waals surface area (Å²) < 4.78 is 4.36. The first kappa shape index (κ1) is 35.9. The highest BCUT2D eigenvalue weighted by Crippen LogP contribution is 2.34. The number of benzene rings is 5. The van der Waals surface area contributed by atoms with E-state index in [0.717, 1.165) is 48.5 Å². The van der Waals surface area contributed by atoms with Crippen LogP contribution < -0.4 is 0 Å². The zero-order valence-corrected chi connectivity index (χ0v) is 32.4. The van der Waals surface area contributed by atoms with Crippen LogP contribution in [0.4, 0.5) is 0 Å². The molecule has 7 aromatic rings. The van der Waals surface area contributed by atoms with E-state index >= 15 is 0 Å². The van der Waals surface area contributed by atoms with E-state index < -0.39 is 0 Å². The maximum absolute atomic E-state index is 4.83. The van der Waals surface area contributed by atoms with Gasteiger partial charge in [0.2, 0.25) is 0 Å². The first-order chi connectivity index (χ1) is 25.7. The van der Waals surface area contributed by atoms with Gasteiger partial charge in [-0.3, -0.25) is 4.57 Å². The van der Waals surface area contributed by atoms with Crippen molar-refractivity contribution in [2.75, 3.05) is 0 Å². The smallest absolute Gasteiger partial charge is 0.144 e. The fourth-order valence-electron chi connectivity index (χ4n) is 7.91. The molecule has 0 atom stereocenters. The quantitative estimate of drug-likeness (QED) is 0.127. The van der Waals surface area contributed by atoms with Gasteiger partial charge >= 0.3 is 0 Å². The maximum Gasteiger partial charge on any atom is 0.144 e. The van der Waals surface area contributed by atoms with Crippen molar-refractivity contribution in [3.63, 3.8) is 0 Å². The molecule has 0 saturated carbocycles. The van der Waals surface area contributed by atoms with Gasteiger partial charge in [0.15, 0.2) is 0 Å². The highest BCUT2D eigenvalue weighted by atomic mass is 15.3. The van der Waals surface area contributed by atoms with Crippen LogP contribution in [0.2, 0.25) is 0 Å². The highest BCUT2D eigenvalue weighted by molar-refractivity contribution is 5.70. The lowest BCUT2D eigenvalue weighted by Gasteiger charge is -2.21. The average Bonchev–Trinajstić information content (AvgIpc) is 3.84. The molecule has 53 heavy (non-hydrogen) atoms. The third kappa shape index (κ3) is 7.83. The topological polar surface area (TPSA) is 35.6 Å². The summed E-state index contributed by atoms with van der Waals surface area (Å²) in [5, 5.41) is 4.70. The molecule has 0 aliphatic heterocycles. The van der Waals surface area contributed by atoms with Gasteiger partial charge in [0, 0.05) is 23.5 Å². The summed E-state index contributed by atoms with van der Waals surface area (Å²) in [5.41, 5.74) is 17.9. The van der Waals surface area contributed by atoms with Gasteiger partial charge in [-0.1, -0.05) is 124 Å². The lowest BCUT2D eigenvalue weighted by atomic mass is 9.92. The molecule has 7 rings (SSSR count). The monoisotopic (exact) mass is 696 g/mol. The van der Waals surface area contributed by atoms with E-state index in [0.29, 0.717) is 11.8 Å². The second-order valence-corrected chi connectivity index (χ2v) is 15.3. The SMILES string of the molecule is Cc1cc(C)c(-c2ccnn2-c2ccc(CCc3cccc(CCc4ccc(-c5nccn5-c5c(C(C)C)cccc5C(C)C)cc4)c3)cc2)c(C)c1. The fraction of sp³-hybridized carbons (Fsp3) is 0.265. The lowest BCUT2D eigenvalue weighted by Crippen LogP contribution is -2.07. The molecule has 0 saturated heterocycles. The number of aryl methyl sites for hydroxylation is 7. The minimum atomic E-state index is 0.423. The molecule has 0 fully saturated rings. The van der Waals surface area contributed by atoms with Gasteiger partial charge in [0.05, 0.1) is 23.3 Å². The summed E-state index contributed by atoms with van der Waals surface area (Å²) in [6.45, 7) is 15.6. The van der Waals surface area contributed by atoms with E-state index in [1.54, 1.807) is 0 Å². The van der Waals surface area contributed by atoms with Crippen LogP contribution in [0, 0.1) is 20.8 Å². The molecule has 4 nitrogen and oxygen atoms in total. The van der Waals surface area contributed by atoms with Crippen LogP contribution in [-0.2, 0) is 25.7 Å². The molecular formula is C49H52N4. The molecular weight excluding hydrogens is 645 g/mol. The molecule has 0 spiro atoms. The second-order valence-electron chi connectivity index (χ2n) is 15.3. The maximum atomic E-state index is 4.83. The molecule has 4 heteroatoms. The third-order valence-electron chi connectivity index (χ3n) is 10.6. The summed E-state index contributed by atoms with van der Waals surface area (Å²) in [4.78, 5) is 4.83. The number of hydrogen-bond acceptors (Lipinski definition) is 2. The number of nitrogens with zero attached hydrogens (tertiary/aromatic N) is 4. The van der Waals surface area contributed by atoms with Crippen LogP contribution in [0.3, 0.4) is 0 Å². The predicted octanol–water partition coefficient (Wildman–Crippen LogP) is 12.1. The van der Waals surface area contributed by atoms with Crippen molar-refractivity contribution in [1.29, 1.82) is 0 Å². The van der Waals surface area contributed by atoms with Crippen LogP contribution in [-0.4, -0.2) is 19.3 Å². The molecule has 0 amide bonds. The van der Waals surface area contributed by atoms with Crippen LogP contribution in [0.15, 0.2) is 128 Å². The van der Waals surface area contributed by atoms with Crippen molar-refractivity contribution in [3.05, 3.63) is 178 Å². The Morgan fingerprint density at radius 3 is 1.70 bits per heavy atom. The Morgan fingerprint density at radius 1 is 0.566 bits per heavy atom. The first-order valence-electron chi connectivity index (χ1n) is 19.2. The number of para-hydroxylation sites is 1. The van der Waals surface area contributed by atoms with Gasteiger partial charge in [-0.25, -0.2) is 9.67 Å². The van der Waals surface area contributed by atoms with E-state index in [2.05, 4.69) is 173 Å². The number of imidazole rings is 1. The molecule has 0 aliphatic carbocycles. The Bertz CT molecular complexity index is 2270. The van der Waals surface area contributed by atoms with Gasteiger partial charge in [0.1, 0.15) is 5.82 Å². The van der Waals surface area contributed by atoms with E-state index in [1.165, 1.54) is 61.3 Å². The second kappa shape index (κ2) is 15.6. The van der Waals surface area contributed by atoms with E-state index in [9.17, 15) is 0 Å². The Labute approximate surface area is 316 Å². The summed E-state index contributed by atoms with van der Waals surface area (Å²) in [7, 11) is 0. The Kier molecular flexibility index (Phi) is 10.6. The molecule has 0 unspecified atom stereocenters. The van der Waals surface area contributed by atoms with Crippen molar-refractivity contribution in [2.24, 2.45) is 0 Å². The van der Waals surface area contributed by atoms with Crippen LogP contribution in [0.5, 0.6) is 0 Å². The van der Waals surface area contributed by atoms with Crippen molar-refractivity contribution in [2.45, 2.75) is 86.0 Å². The molecule has 0 aliphatic rings. The van der Waals surface area contributed by atoms with Gasteiger partial charge < -0.3 is 0 Å². The molecule has 2 aromatic heterocycles. The van der Waals surface area contributed by atoms with Crippen LogP contribution in [0.1, 0.15) is 89.6 Å². The molecule has 0 bridgehead atoms. The zero-order chi connectivity index (χ0) is 37.1. The highest BCUT2D eigenvalue weighted by Gasteiger charge is 2.19. The molecule has 0 N–H and O–H groups in total. The molecule has 2 heterocycles. The first-order valence-corrected chi connectivity index (χ1v) is 19.2. The van der Waals surface area contributed by atoms with Crippen molar-refractivity contribution >= 4 is 0 Å². The zero-order valence-electron chi connectivity index (χ0n) is 32.4. The van der Waals surface area contributed by atoms with Crippen molar-refractivity contribution in [3.8, 4) is 34.0 Å². The minimum absolute atomic E-state index is 0.423. The molecule has 268 valence electrons. The summed E-state index contributed by atoms with van der Waals surface area (Å²) in [6, 6.07) is 40.4. The fourth-order valence-corrected chi connectivity index (χ4v) is 7.91. The third-order valence-corrected chi connectivity index (χ3v) is 10.6. The summed E-state index contributed by atoms with van der Waals surface area (Å²) in [5.74, 6) is 1.84. The Hall–Kier alpha value is -5.48. The van der Waals surface area contributed by atoms with Crippen LogP contribution in [0.25, 0.3) is 34.0 Å². The van der Waals surface area contributed by atoms with E-state index in [-0.39, 0.29) is 0 Å². The van der Waals surface area contributed by atoms with E-state index in [4.69, 9.17) is 10.1 Å². The van der Waals surface area contributed by atoms with E-state index in [1.807, 2.05) is 12.4 Å². The van der Waals surface area contributed by atoms with Gasteiger partial charge in [-0.05, 0) is 121 Å². The summed E-state index contributed by atoms with van der Waals surface area (Å²) in [6.07, 6.45) is 9.98. The van der Waals surface area contributed by atoms with Gasteiger partial charge in [0.25, 0.3) is 0 Å². The van der Waals surface area contributed by atoms with Crippen molar-refractivity contribution in [1.82, 2.24) is 19.3 Å². The molecule has 5 aromatic carbocycles. The molecule has 0 radical (unpaired) electrons.